The molecule has 0 N–H and O–H groups in total. The van der Waals surface area contributed by atoms with Crippen LogP contribution in [-0.2, 0) is 19.0 Å². The van der Waals surface area contributed by atoms with Crippen LogP contribution >= 0.6 is 23.2 Å². The molecule has 0 atom stereocenters. The number of halogens is 2. The molecule has 3 aromatic rings. The maximum absolute atomic E-state index is 12.7. The van der Waals surface area contributed by atoms with Gasteiger partial charge in [-0.05, 0) is 57.6 Å². The minimum atomic E-state index is -3.85. The second-order valence-electron chi connectivity index (χ2n) is 10.8. The first-order valence-electron chi connectivity index (χ1n) is 12.8. The van der Waals surface area contributed by atoms with E-state index < -0.39 is 15.7 Å². The lowest BCUT2D eigenvalue weighted by Crippen LogP contribution is -2.53. The summed E-state index contributed by atoms with van der Waals surface area (Å²) in [6.45, 7) is 2.42. The van der Waals surface area contributed by atoms with Crippen LogP contribution in [0, 0.1) is 12.3 Å². The minimum Gasteiger partial charge on any atom is -0.372 e. The number of rotatable bonds is 8. The van der Waals surface area contributed by atoms with Crippen LogP contribution in [0.25, 0.3) is 17.3 Å². The summed E-state index contributed by atoms with van der Waals surface area (Å²) in [5, 5.41) is 5.19. The Balaban J connectivity index is 1.19. The van der Waals surface area contributed by atoms with Crippen LogP contribution in [0.4, 0.5) is 0 Å². The fraction of sp³-hybridized carbons (Fsp3) is 0.429. The summed E-state index contributed by atoms with van der Waals surface area (Å²) in [6, 6.07) is 6.67. The third kappa shape index (κ3) is 4.93. The zero-order valence-electron chi connectivity index (χ0n) is 21.0. The van der Waals surface area contributed by atoms with Gasteiger partial charge in [-0.1, -0.05) is 58.2 Å². The second-order valence-corrected chi connectivity index (χ2v) is 13.2. The Bertz CT molecular complexity index is 1450. The molecular weight excluding hydrogens is 547 g/mol. The Morgan fingerprint density at radius 1 is 1.08 bits per heavy atom. The van der Waals surface area contributed by atoms with E-state index in [0.29, 0.717) is 33.8 Å². The van der Waals surface area contributed by atoms with Crippen LogP contribution < -0.4 is 0 Å². The van der Waals surface area contributed by atoms with Crippen LogP contribution in [-0.4, -0.2) is 37.4 Å². The Labute approximate surface area is 232 Å². The predicted molar refractivity (Wildman–Crippen MR) is 145 cm³/mol. The maximum atomic E-state index is 12.7. The number of aromatic nitrogens is 2. The topological polar surface area (TPSA) is 91.5 Å². The Hall–Kier alpha value is -2.23. The van der Waals surface area contributed by atoms with Crippen molar-refractivity contribution in [2.75, 3.05) is 13.2 Å². The average Bonchev–Trinajstić information content (AvgIpc) is 3.68. The molecule has 7 nitrogen and oxygen atoms in total. The van der Waals surface area contributed by atoms with Gasteiger partial charge < -0.3 is 9.26 Å². The highest BCUT2D eigenvalue weighted by Gasteiger charge is 2.49. The summed E-state index contributed by atoms with van der Waals surface area (Å²) in [5.41, 5.74) is 2.38. The Morgan fingerprint density at radius 3 is 2.37 bits per heavy atom. The van der Waals surface area contributed by atoms with Crippen molar-refractivity contribution in [1.82, 2.24) is 10.1 Å². The lowest BCUT2D eigenvalue weighted by atomic mass is 9.66. The zero-order valence-corrected chi connectivity index (χ0v) is 23.3. The minimum absolute atomic E-state index is 0.0175. The fourth-order valence-corrected chi connectivity index (χ4v) is 6.86. The number of hydrogen-bond acceptors (Lipinski definition) is 7. The third-order valence-electron chi connectivity index (χ3n) is 8.01. The van der Waals surface area contributed by atoms with Gasteiger partial charge in [0.25, 0.3) is 10.1 Å². The summed E-state index contributed by atoms with van der Waals surface area (Å²) in [5.74, 6) is 1.20. The summed E-state index contributed by atoms with van der Waals surface area (Å²) >= 11 is 12.9. The number of benzene rings is 1. The van der Waals surface area contributed by atoms with Crippen LogP contribution in [0.3, 0.4) is 0 Å². The van der Waals surface area contributed by atoms with Gasteiger partial charge in [0.2, 0.25) is 0 Å². The molecule has 2 aliphatic carbocycles. The highest BCUT2D eigenvalue weighted by molar-refractivity contribution is 7.86. The molecule has 200 valence electrons. The average molecular weight is 576 g/mol. The first-order chi connectivity index (χ1) is 18.2. The van der Waals surface area contributed by atoms with Crippen LogP contribution in [0.15, 0.2) is 52.2 Å². The van der Waals surface area contributed by atoms with Gasteiger partial charge in [-0.25, -0.2) is 0 Å². The molecule has 4 aliphatic rings. The molecule has 1 aromatic carbocycles. The molecule has 0 spiro atoms. The SMILES string of the molecule is Cc1ccc(S(=O)(=O)OCC23CCC(C=Cc4c(-c5c(Cl)cncc5Cl)noc4C4CC4)(CC2)CO3)cc1. The van der Waals surface area contributed by atoms with Crippen LogP contribution in [0.5, 0.6) is 0 Å². The standard InChI is InChI=1S/C28H28Cl2N2O5S/c1-18-2-6-20(7-3-18)38(33,34)36-17-28-12-10-27(11-13-28,16-35-28)9-8-21-25(32-37-26(21)19-4-5-19)24-22(29)14-31-15-23(24)30/h2-3,6-9,14-15,19H,4-5,10-13,16-17H2,1H3. The number of aryl methyl sites for hydroxylation is 1. The molecule has 10 heteroatoms. The van der Waals surface area contributed by atoms with E-state index in [-0.39, 0.29) is 16.9 Å². The van der Waals surface area contributed by atoms with Gasteiger partial charge in [-0.15, -0.1) is 0 Å². The molecular formula is C28H28Cl2N2O5S. The van der Waals surface area contributed by atoms with E-state index in [0.717, 1.165) is 55.4 Å². The van der Waals surface area contributed by atoms with Crippen molar-refractivity contribution in [1.29, 1.82) is 0 Å². The third-order valence-corrected chi connectivity index (χ3v) is 9.86. The van der Waals surface area contributed by atoms with E-state index in [2.05, 4.69) is 22.3 Å². The Morgan fingerprint density at radius 2 is 1.76 bits per heavy atom. The van der Waals surface area contributed by atoms with E-state index >= 15 is 0 Å². The molecule has 38 heavy (non-hydrogen) atoms. The van der Waals surface area contributed by atoms with Crippen molar-refractivity contribution in [2.24, 2.45) is 5.41 Å². The molecule has 2 bridgehead atoms. The normalized spacial score (nSPS) is 25.3. The van der Waals surface area contributed by atoms with E-state index in [9.17, 15) is 8.42 Å². The monoisotopic (exact) mass is 574 g/mol. The summed E-state index contributed by atoms with van der Waals surface area (Å²) in [4.78, 5) is 4.22. The molecule has 2 aliphatic heterocycles. The number of ether oxygens (including phenoxy) is 1. The lowest BCUT2D eigenvalue weighted by Gasteiger charge is -2.51. The summed E-state index contributed by atoms with van der Waals surface area (Å²) in [7, 11) is -3.85. The van der Waals surface area contributed by atoms with Crippen molar-refractivity contribution in [2.45, 2.75) is 61.9 Å². The first kappa shape index (κ1) is 26.0. The van der Waals surface area contributed by atoms with Crippen molar-refractivity contribution < 1.29 is 21.9 Å². The van der Waals surface area contributed by atoms with Crippen molar-refractivity contribution in [3.05, 3.63) is 69.7 Å². The van der Waals surface area contributed by atoms with Gasteiger partial charge in [0.1, 0.15) is 11.5 Å². The van der Waals surface area contributed by atoms with Gasteiger partial charge in [0.05, 0.1) is 33.8 Å². The number of nitrogens with zero attached hydrogens (tertiary/aromatic N) is 2. The van der Waals surface area contributed by atoms with Gasteiger partial charge >= 0.3 is 0 Å². The van der Waals surface area contributed by atoms with Crippen molar-refractivity contribution in [3.63, 3.8) is 0 Å². The van der Waals surface area contributed by atoms with Crippen LogP contribution in [0.1, 0.15) is 61.3 Å². The molecule has 0 radical (unpaired) electrons. The molecule has 4 fully saturated rings. The highest BCUT2D eigenvalue weighted by Crippen LogP contribution is 2.51. The Kier molecular flexibility index (Phi) is 6.68. The van der Waals surface area contributed by atoms with Crippen LogP contribution in [0.2, 0.25) is 10.0 Å². The summed E-state index contributed by atoms with van der Waals surface area (Å²) < 4.78 is 43.0. The molecule has 2 saturated carbocycles. The van der Waals surface area contributed by atoms with Gasteiger partial charge in [-0.2, -0.15) is 8.42 Å². The van der Waals surface area contributed by atoms with Gasteiger partial charge in [-0.3, -0.25) is 9.17 Å². The maximum Gasteiger partial charge on any atom is 0.297 e. The number of hydrogen-bond donors (Lipinski definition) is 0. The van der Waals surface area contributed by atoms with E-state index in [1.807, 2.05) is 6.92 Å². The lowest BCUT2D eigenvalue weighted by molar-refractivity contribution is -0.180. The second kappa shape index (κ2) is 9.75. The molecule has 0 unspecified atom stereocenters. The summed E-state index contributed by atoms with van der Waals surface area (Å²) in [6.07, 6.45) is 12.7. The largest absolute Gasteiger partial charge is 0.372 e. The van der Waals surface area contributed by atoms with Crippen molar-refractivity contribution in [3.8, 4) is 11.3 Å². The van der Waals surface area contributed by atoms with E-state index in [1.54, 1.807) is 36.7 Å². The predicted octanol–water partition coefficient (Wildman–Crippen LogP) is 6.98. The quantitative estimate of drug-likeness (QED) is 0.268. The van der Waals surface area contributed by atoms with Crippen molar-refractivity contribution >= 4 is 39.4 Å². The van der Waals surface area contributed by atoms with E-state index in [4.69, 9.17) is 36.6 Å². The highest BCUT2D eigenvalue weighted by atomic mass is 35.5. The first-order valence-corrected chi connectivity index (χ1v) is 14.9. The number of pyridine rings is 1. The fourth-order valence-electron chi connectivity index (χ4n) is 5.34. The number of fused-ring (bicyclic) bond motifs is 3. The molecule has 2 aromatic heterocycles. The molecule has 2 saturated heterocycles. The molecule has 7 rings (SSSR count). The molecule has 4 heterocycles. The zero-order chi connectivity index (χ0) is 26.5. The van der Waals surface area contributed by atoms with Gasteiger partial charge in [0, 0.05) is 34.9 Å². The molecule has 0 amide bonds. The van der Waals surface area contributed by atoms with Gasteiger partial charge in [0.15, 0.2) is 0 Å². The smallest absolute Gasteiger partial charge is 0.297 e. The van der Waals surface area contributed by atoms with E-state index in [1.165, 1.54) is 0 Å².